The molecule has 0 bridgehead atoms. The normalized spacial score (nSPS) is 24.1. The Hall–Kier alpha value is -7.18. The number of carbonyl (C=O) groups is 12. The number of aliphatic hydroxyl groups is 1. The number of Topliss-reactive ketones (excluding diaryl/α,β-unsaturated/α-hetero) is 1. The van der Waals surface area contributed by atoms with Gasteiger partial charge in [0.2, 0.25) is 65.0 Å². The number of aliphatic hydroxyl groups excluding tert-OH is 1. The molecule has 0 spiro atoms. The third-order valence-electron chi connectivity index (χ3n) is 12.6. The summed E-state index contributed by atoms with van der Waals surface area (Å²) >= 11 is 0. The lowest BCUT2D eigenvalue weighted by Gasteiger charge is -2.31. The van der Waals surface area contributed by atoms with Crippen molar-refractivity contribution in [2.75, 3.05) is 13.2 Å². The highest BCUT2D eigenvalue weighted by atomic mass is 16.3. The van der Waals surface area contributed by atoms with Crippen LogP contribution in [-0.2, 0) is 64.0 Å². The average Bonchev–Trinajstić information content (AvgIpc) is 3.83. The molecular weight excluding hydrogens is 967 g/mol. The fourth-order valence-electron chi connectivity index (χ4n) is 8.70. The smallest absolute Gasteiger partial charge is 0.245 e. The summed E-state index contributed by atoms with van der Waals surface area (Å²) in [6.07, 6.45) is 5.05. The zero-order valence-electron chi connectivity index (χ0n) is 42.3. The number of rotatable bonds is 22. The fraction of sp³-hybridized carbons (Fsp3) is 0.633. The number of hydrogen-bond acceptors (Lipinski definition) is 14. The Morgan fingerprint density at radius 2 is 1.07 bits per heavy atom. The second kappa shape index (κ2) is 31.4. The molecule has 0 radical (unpaired) electrons. The second-order valence-corrected chi connectivity index (χ2v) is 18.9. The Morgan fingerprint density at radius 1 is 0.581 bits per heavy atom. The van der Waals surface area contributed by atoms with Gasteiger partial charge in [-0.15, -0.1) is 0 Å². The van der Waals surface area contributed by atoms with Crippen LogP contribution in [0.1, 0.15) is 135 Å². The third kappa shape index (κ3) is 21.5. The molecule has 2 aliphatic rings. The van der Waals surface area contributed by atoms with Gasteiger partial charge in [-0.25, -0.2) is 0 Å². The monoisotopic (exact) mass is 1040 g/mol. The van der Waals surface area contributed by atoms with Crippen molar-refractivity contribution in [3.05, 3.63) is 29.8 Å². The van der Waals surface area contributed by atoms with E-state index in [1.165, 1.54) is 24.3 Å². The van der Waals surface area contributed by atoms with Crippen molar-refractivity contribution < 1.29 is 67.7 Å². The van der Waals surface area contributed by atoms with Gasteiger partial charge >= 0.3 is 0 Å². The molecule has 0 saturated carbocycles. The van der Waals surface area contributed by atoms with Crippen LogP contribution < -0.4 is 54.4 Å². The molecule has 2 heterocycles. The van der Waals surface area contributed by atoms with Crippen molar-refractivity contribution in [1.29, 1.82) is 0 Å². The van der Waals surface area contributed by atoms with Crippen LogP contribution in [0.15, 0.2) is 24.3 Å². The first-order valence-electron chi connectivity index (χ1n) is 25.3. The number of hydrogen-bond donors (Lipinski definition) is 12. The van der Waals surface area contributed by atoms with Gasteiger partial charge < -0.3 is 69.5 Å². The van der Waals surface area contributed by atoms with Crippen molar-refractivity contribution in [1.82, 2.24) is 42.1 Å². The van der Waals surface area contributed by atoms with Crippen LogP contribution in [0.2, 0.25) is 0 Å². The molecule has 11 amide bonds. The largest absolute Gasteiger partial charge is 0.508 e. The van der Waals surface area contributed by atoms with Gasteiger partial charge in [-0.2, -0.15) is 0 Å². The van der Waals surface area contributed by atoms with Gasteiger partial charge in [0, 0.05) is 38.3 Å². The molecule has 2 aliphatic heterocycles. The highest BCUT2D eigenvalue weighted by molar-refractivity contribution is 6.00. The minimum atomic E-state index is -1.84. The lowest BCUT2D eigenvalue weighted by molar-refractivity contribution is -0.143. The topological polar surface area (TPSA) is 411 Å². The van der Waals surface area contributed by atoms with E-state index in [0.29, 0.717) is 12.0 Å². The van der Waals surface area contributed by atoms with E-state index in [1.807, 2.05) is 0 Å². The van der Waals surface area contributed by atoms with Crippen molar-refractivity contribution in [3.63, 3.8) is 0 Å². The number of phenols is 1. The summed E-state index contributed by atoms with van der Waals surface area (Å²) in [7, 11) is 0. The summed E-state index contributed by atoms with van der Waals surface area (Å²) in [6, 6.07) is -7.01. The minimum Gasteiger partial charge on any atom is -0.508 e. The number of nitrogens with zero attached hydrogens (tertiary/aromatic N) is 1. The van der Waals surface area contributed by atoms with Crippen LogP contribution in [0.4, 0.5) is 0 Å². The minimum absolute atomic E-state index is 0.0103. The molecule has 8 unspecified atom stereocenters. The summed E-state index contributed by atoms with van der Waals surface area (Å²) in [5.41, 5.74) is 16.7. The number of fused-ring (bicyclic) bond motifs is 1. The summed E-state index contributed by atoms with van der Waals surface area (Å²) in [6.45, 7) is 2.21. The van der Waals surface area contributed by atoms with E-state index in [-0.39, 0.29) is 38.0 Å². The number of unbranched alkanes of at least 4 members (excludes halogenated alkanes) is 8. The van der Waals surface area contributed by atoms with Crippen molar-refractivity contribution in [2.45, 2.75) is 184 Å². The SMILES string of the molecule is CCCCCCCCCCCC1CC(=O)NC(CC(C)=O)C(=O)NC(Cc2ccc(O)cc2)C(=O)NC(CC(N)=O)C(=O)NC(CCC(N)=O)C(=O)N2CCCC2C(=O)NC(CC(N)=O)C(=O)NC(CO)C(=O)N1. The Morgan fingerprint density at radius 3 is 1.61 bits per heavy atom. The van der Waals surface area contributed by atoms with Gasteiger partial charge in [0.05, 0.1) is 19.4 Å². The number of phenolic OH excluding ortho intramolecular Hbond substituents is 1. The molecule has 1 aromatic rings. The number of ketones is 1. The zero-order valence-corrected chi connectivity index (χ0v) is 42.3. The van der Waals surface area contributed by atoms with E-state index in [0.717, 1.165) is 63.2 Å². The Labute approximate surface area is 429 Å². The highest BCUT2D eigenvalue weighted by Gasteiger charge is 2.41. The summed E-state index contributed by atoms with van der Waals surface area (Å²) in [5.74, 6) is -11.8. The highest BCUT2D eigenvalue weighted by Crippen LogP contribution is 2.21. The number of aromatic hydroxyl groups is 1. The molecule has 410 valence electrons. The molecule has 1 aromatic carbocycles. The van der Waals surface area contributed by atoms with Crippen LogP contribution in [0.3, 0.4) is 0 Å². The maximum atomic E-state index is 14.3. The summed E-state index contributed by atoms with van der Waals surface area (Å²) in [5, 5.41) is 37.5. The predicted octanol–water partition coefficient (Wildman–Crippen LogP) is -2.37. The van der Waals surface area contributed by atoms with E-state index in [4.69, 9.17) is 17.2 Å². The number of nitrogens with one attached hydrogen (secondary N) is 7. The maximum Gasteiger partial charge on any atom is 0.245 e. The second-order valence-electron chi connectivity index (χ2n) is 18.9. The van der Waals surface area contributed by atoms with Crippen LogP contribution >= 0.6 is 0 Å². The maximum absolute atomic E-state index is 14.3. The van der Waals surface area contributed by atoms with Crippen molar-refractivity contribution in [3.8, 4) is 5.75 Å². The van der Waals surface area contributed by atoms with E-state index in [2.05, 4.69) is 44.1 Å². The third-order valence-corrected chi connectivity index (χ3v) is 12.6. The number of carbonyl (C=O) groups excluding carboxylic acids is 12. The van der Waals surface area contributed by atoms with Gasteiger partial charge in [-0.1, -0.05) is 76.8 Å². The first kappa shape index (κ1) is 61.1. The Bertz CT molecular complexity index is 2160. The molecule has 25 heteroatoms. The van der Waals surface area contributed by atoms with Crippen molar-refractivity contribution in [2.24, 2.45) is 17.2 Å². The standard InChI is InChI=1S/C49H75N11O14/c1-3-4-5-6-7-8-9-10-11-13-30-24-42(67)54-33(22-28(2)62)43(68)56-34(23-29-15-17-31(63)18-16-29)44(69)57-35(25-40(51)65)45(70)55-32(19-20-39(50)64)49(74)60-21-12-14-38(60)48(73)58-36(26-41(52)66)46(71)59-37(27-61)47(72)53-30/h15-18,30,32-38,61,63H,3-14,19-27H2,1-2H3,(H2,50,64)(H2,51,65)(H2,52,66)(H,53,72)(H,54,67)(H,55,70)(H,56,68)(H,57,69)(H,58,73)(H,59,71). The van der Waals surface area contributed by atoms with Gasteiger partial charge in [-0.05, 0) is 50.3 Å². The molecule has 0 aliphatic carbocycles. The number of primary amides is 3. The van der Waals surface area contributed by atoms with Crippen LogP contribution in [0.5, 0.6) is 5.75 Å². The lowest BCUT2D eigenvalue weighted by atomic mass is 10.0. The molecule has 0 aromatic heterocycles. The van der Waals surface area contributed by atoms with Crippen LogP contribution in [0.25, 0.3) is 0 Å². The number of amides is 11. The van der Waals surface area contributed by atoms with Crippen LogP contribution in [-0.4, -0.2) is 147 Å². The molecule has 15 N–H and O–H groups in total. The molecule has 2 saturated heterocycles. The first-order chi connectivity index (χ1) is 35.1. The Balaban J connectivity index is 2.13. The zero-order chi connectivity index (χ0) is 54.9. The fourth-order valence-corrected chi connectivity index (χ4v) is 8.70. The molecule has 2 fully saturated rings. The lowest BCUT2D eigenvalue weighted by Crippen LogP contribution is -2.60. The van der Waals surface area contributed by atoms with E-state index in [9.17, 15) is 67.7 Å². The molecule has 3 rings (SSSR count). The first-order valence-corrected chi connectivity index (χ1v) is 25.3. The van der Waals surface area contributed by atoms with Gasteiger partial charge in [0.1, 0.15) is 53.8 Å². The molecule has 25 nitrogen and oxygen atoms in total. The van der Waals surface area contributed by atoms with Gasteiger partial charge in [-0.3, -0.25) is 57.5 Å². The summed E-state index contributed by atoms with van der Waals surface area (Å²) in [4.78, 5) is 162. The summed E-state index contributed by atoms with van der Waals surface area (Å²) < 4.78 is 0. The van der Waals surface area contributed by atoms with E-state index in [1.54, 1.807) is 0 Å². The van der Waals surface area contributed by atoms with Gasteiger partial charge in [0.25, 0.3) is 0 Å². The van der Waals surface area contributed by atoms with Crippen molar-refractivity contribution >= 4 is 70.8 Å². The Kier molecular flexibility index (Phi) is 26.0. The molecular formula is C49H75N11O14. The molecule has 74 heavy (non-hydrogen) atoms. The predicted molar refractivity (Wildman–Crippen MR) is 265 cm³/mol. The van der Waals surface area contributed by atoms with E-state index < -0.39 is 164 Å². The van der Waals surface area contributed by atoms with E-state index >= 15 is 0 Å². The van der Waals surface area contributed by atoms with Crippen LogP contribution in [0, 0.1) is 0 Å². The number of benzene rings is 1. The van der Waals surface area contributed by atoms with Gasteiger partial charge in [0.15, 0.2) is 0 Å². The number of nitrogens with two attached hydrogens (primary N) is 3. The quantitative estimate of drug-likeness (QED) is 0.0541. The molecule has 8 atom stereocenters. The average molecular weight is 1040 g/mol.